The first-order chi connectivity index (χ1) is 6.97. The average molecular weight is 218 g/mol. The van der Waals surface area contributed by atoms with E-state index < -0.39 is 0 Å². The zero-order valence-electron chi connectivity index (χ0n) is 7.59. The third kappa shape index (κ3) is 2.56. The molecule has 0 spiro atoms. The minimum Gasteiger partial charge on any atom is -0.0895 e. The highest BCUT2D eigenvalue weighted by Crippen LogP contribution is 2.40. The highest BCUT2D eigenvalue weighted by molar-refractivity contribution is 8.27. The quantitative estimate of drug-likeness (QED) is 0.591. The summed E-state index contributed by atoms with van der Waals surface area (Å²) in [7, 11) is 0. The van der Waals surface area contributed by atoms with Gasteiger partial charge in [0.15, 0.2) is 0 Å². The summed E-state index contributed by atoms with van der Waals surface area (Å²) in [5, 5.41) is 4.24. The van der Waals surface area contributed by atoms with Gasteiger partial charge in [0, 0.05) is 0 Å². The molecule has 70 valence electrons. The molecule has 1 heterocycles. The van der Waals surface area contributed by atoms with Crippen LogP contribution in [0.25, 0.3) is 0 Å². The van der Waals surface area contributed by atoms with E-state index >= 15 is 0 Å². The average Bonchev–Trinajstić information content (AvgIpc) is 2.75. The molecule has 1 aliphatic carbocycles. The van der Waals surface area contributed by atoms with Crippen LogP contribution in [0.15, 0.2) is 69.2 Å². The van der Waals surface area contributed by atoms with Gasteiger partial charge in [-0.3, -0.25) is 0 Å². The van der Waals surface area contributed by atoms with Gasteiger partial charge in [0.1, 0.15) is 0 Å². The molecule has 0 fully saturated rings. The van der Waals surface area contributed by atoms with Crippen LogP contribution in [-0.2, 0) is 0 Å². The Kier molecular flexibility index (Phi) is 3.55. The highest BCUT2D eigenvalue weighted by Gasteiger charge is 2.05. The lowest BCUT2D eigenvalue weighted by Crippen LogP contribution is -1.73. The molecule has 1 aliphatic heterocycles. The number of hydrogen-bond acceptors (Lipinski definition) is 2. The predicted molar refractivity (Wildman–Crippen MR) is 67.9 cm³/mol. The molecular weight excluding hydrogens is 208 g/mol. The van der Waals surface area contributed by atoms with Crippen LogP contribution in [0.5, 0.6) is 0 Å². The van der Waals surface area contributed by atoms with Crippen molar-refractivity contribution in [2.45, 2.75) is 0 Å². The van der Waals surface area contributed by atoms with Gasteiger partial charge in [0.2, 0.25) is 0 Å². The molecule has 0 saturated carbocycles. The van der Waals surface area contributed by atoms with Crippen molar-refractivity contribution in [2.75, 3.05) is 0 Å². The summed E-state index contributed by atoms with van der Waals surface area (Å²) in [6.45, 7) is 0. The second kappa shape index (κ2) is 5.13. The van der Waals surface area contributed by atoms with Crippen LogP contribution >= 0.6 is 23.5 Å². The zero-order valence-corrected chi connectivity index (χ0v) is 9.22. The van der Waals surface area contributed by atoms with E-state index in [1.54, 1.807) is 23.5 Å². The van der Waals surface area contributed by atoms with Gasteiger partial charge in [-0.2, -0.15) is 0 Å². The van der Waals surface area contributed by atoms with E-state index in [2.05, 4.69) is 35.1 Å². The topological polar surface area (TPSA) is 0 Å². The Bertz CT molecular complexity index is 345. The molecule has 0 unspecified atom stereocenters. The lowest BCUT2D eigenvalue weighted by molar-refractivity contribution is 1.71. The lowest BCUT2D eigenvalue weighted by atomic mass is 10.2. The Morgan fingerprint density at radius 3 is 1.71 bits per heavy atom. The molecule has 14 heavy (non-hydrogen) atoms. The molecule has 2 heteroatoms. The van der Waals surface area contributed by atoms with Crippen LogP contribution in [0.2, 0.25) is 0 Å². The van der Waals surface area contributed by atoms with E-state index in [1.165, 1.54) is 9.81 Å². The molecule has 0 aromatic heterocycles. The molecule has 0 aromatic rings. The molecule has 0 radical (unpaired) electrons. The van der Waals surface area contributed by atoms with Crippen LogP contribution in [0.3, 0.4) is 0 Å². The third-order valence-electron chi connectivity index (χ3n) is 1.75. The minimum atomic E-state index is 1.28. The summed E-state index contributed by atoms with van der Waals surface area (Å²) in [6, 6.07) is 0. The van der Waals surface area contributed by atoms with Crippen LogP contribution in [0.4, 0.5) is 0 Å². The smallest absolute Gasteiger partial charge is 0.0559 e. The standard InChI is InChI=1S/C12H10S2/c1-2-4-6-8-11(7-5-3-1)12-13-9-10-14-12/h1-10H/b3-1-,4-2-,7-5-,8-6-. The van der Waals surface area contributed by atoms with Crippen molar-refractivity contribution >= 4 is 23.5 Å². The van der Waals surface area contributed by atoms with Crippen molar-refractivity contribution in [3.8, 4) is 0 Å². The van der Waals surface area contributed by atoms with Gasteiger partial charge in [-0.05, 0) is 16.4 Å². The Balaban J connectivity index is 2.29. The third-order valence-corrected chi connectivity index (χ3v) is 3.94. The van der Waals surface area contributed by atoms with Crippen LogP contribution in [0.1, 0.15) is 0 Å². The maximum Gasteiger partial charge on any atom is 0.0559 e. The first-order valence-corrected chi connectivity index (χ1v) is 6.13. The second-order valence-electron chi connectivity index (χ2n) is 2.74. The molecule has 0 nitrogen and oxygen atoms in total. The van der Waals surface area contributed by atoms with E-state index in [1.807, 2.05) is 24.3 Å². The monoisotopic (exact) mass is 218 g/mol. The second-order valence-corrected chi connectivity index (χ2v) is 4.83. The van der Waals surface area contributed by atoms with E-state index in [4.69, 9.17) is 0 Å². The predicted octanol–water partition coefficient (Wildman–Crippen LogP) is 4.39. The largest absolute Gasteiger partial charge is 0.0895 e. The zero-order chi connectivity index (χ0) is 9.64. The molecule has 2 rings (SSSR count). The highest BCUT2D eigenvalue weighted by atomic mass is 32.2. The van der Waals surface area contributed by atoms with Crippen molar-refractivity contribution in [3.63, 3.8) is 0 Å². The van der Waals surface area contributed by atoms with Crippen molar-refractivity contribution in [2.24, 2.45) is 0 Å². The minimum absolute atomic E-state index is 1.28. The molecule has 0 bridgehead atoms. The van der Waals surface area contributed by atoms with Gasteiger partial charge in [-0.25, -0.2) is 0 Å². The molecule has 2 aliphatic rings. The Morgan fingerprint density at radius 2 is 1.14 bits per heavy atom. The van der Waals surface area contributed by atoms with Gasteiger partial charge in [0.25, 0.3) is 0 Å². The molecule has 0 amide bonds. The Labute approximate surface area is 92.9 Å². The number of hydrogen-bond donors (Lipinski definition) is 0. The Hall–Kier alpha value is -0.860. The van der Waals surface area contributed by atoms with E-state index in [0.717, 1.165) is 0 Å². The summed E-state index contributed by atoms with van der Waals surface area (Å²) in [5.41, 5.74) is 1.28. The SMILES string of the molecule is C1=CSC(=C2\C=C/C=C\C=C/C=C\2)S1. The first-order valence-electron chi connectivity index (χ1n) is 4.37. The van der Waals surface area contributed by atoms with Crippen LogP contribution in [0, 0.1) is 0 Å². The molecule has 0 atom stereocenters. The van der Waals surface area contributed by atoms with Crippen LogP contribution < -0.4 is 0 Å². The van der Waals surface area contributed by atoms with Gasteiger partial charge in [-0.15, -0.1) is 0 Å². The summed E-state index contributed by atoms with van der Waals surface area (Å²) in [4.78, 5) is 0. The van der Waals surface area contributed by atoms with Gasteiger partial charge < -0.3 is 0 Å². The summed E-state index contributed by atoms with van der Waals surface area (Å²) in [6.07, 6.45) is 16.6. The van der Waals surface area contributed by atoms with E-state index in [9.17, 15) is 0 Å². The number of rotatable bonds is 0. The van der Waals surface area contributed by atoms with Gasteiger partial charge in [0.05, 0.1) is 4.24 Å². The maximum absolute atomic E-state index is 2.14. The Morgan fingerprint density at radius 1 is 0.643 bits per heavy atom. The molecule has 0 N–H and O–H groups in total. The van der Waals surface area contributed by atoms with E-state index in [0.29, 0.717) is 0 Å². The van der Waals surface area contributed by atoms with E-state index in [-0.39, 0.29) is 0 Å². The van der Waals surface area contributed by atoms with Gasteiger partial charge in [-0.1, -0.05) is 72.1 Å². The molecule has 0 aromatic carbocycles. The fourth-order valence-corrected chi connectivity index (χ4v) is 2.90. The van der Waals surface area contributed by atoms with Crippen LogP contribution in [-0.4, -0.2) is 0 Å². The number of thioether (sulfide) groups is 2. The summed E-state index contributed by atoms with van der Waals surface area (Å²) >= 11 is 3.57. The summed E-state index contributed by atoms with van der Waals surface area (Å²) < 4.78 is 1.35. The first kappa shape index (κ1) is 9.69. The fraction of sp³-hybridized carbons (Fsp3) is 0. The molecule has 0 saturated heterocycles. The maximum atomic E-state index is 2.14. The fourth-order valence-electron chi connectivity index (χ4n) is 1.11. The molecular formula is C12H10S2. The normalized spacial score (nSPS) is 29.1. The van der Waals surface area contributed by atoms with Crippen molar-refractivity contribution in [3.05, 3.63) is 69.2 Å². The van der Waals surface area contributed by atoms with Crippen molar-refractivity contribution in [1.82, 2.24) is 0 Å². The summed E-state index contributed by atoms with van der Waals surface area (Å²) in [5.74, 6) is 0. The lowest BCUT2D eigenvalue weighted by Gasteiger charge is -1.98. The van der Waals surface area contributed by atoms with Crippen molar-refractivity contribution in [1.29, 1.82) is 0 Å². The number of allylic oxidation sites excluding steroid dienone is 9. The van der Waals surface area contributed by atoms with Gasteiger partial charge >= 0.3 is 0 Å². The van der Waals surface area contributed by atoms with Crippen molar-refractivity contribution < 1.29 is 0 Å².